The molecule has 0 heterocycles. The summed E-state index contributed by atoms with van der Waals surface area (Å²) in [5, 5.41) is 2.40. The number of esters is 1. The number of halogens is 1. The van der Waals surface area contributed by atoms with E-state index in [4.69, 9.17) is 4.74 Å². The molecule has 0 atom stereocenters. The smallest absolute Gasteiger partial charge is 0.325 e. The van der Waals surface area contributed by atoms with Gasteiger partial charge in [0.2, 0.25) is 5.78 Å². The lowest BCUT2D eigenvalue weighted by Crippen LogP contribution is -2.31. The first-order valence-electron chi connectivity index (χ1n) is 7.25. The third kappa shape index (κ3) is 4.74. The van der Waals surface area contributed by atoms with E-state index in [2.05, 4.69) is 5.32 Å². The molecular weight excluding hydrogens is 313 g/mol. The fraction of sp³-hybridized carbons (Fsp3) is 0.167. The van der Waals surface area contributed by atoms with E-state index >= 15 is 0 Å². The summed E-state index contributed by atoms with van der Waals surface area (Å²) >= 11 is 0. The highest BCUT2D eigenvalue weighted by Crippen LogP contribution is 2.07. The highest BCUT2D eigenvalue weighted by Gasteiger charge is 2.14. The van der Waals surface area contributed by atoms with E-state index in [0.29, 0.717) is 5.56 Å². The van der Waals surface area contributed by atoms with Gasteiger partial charge in [-0.2, -0.15) is 0 Å². The monoisotopic (exact) mass is 329 g/mol. The number of ether oxygens (including phenoxy) is 1. The molecule has 0 unspecified atom stereocenters. The van der Waals surface area contributed by atoms with Crippen LogP contribution < -0.4 is 5.32 Å². The summed E-state index contributed by atoms with van der Waals surface area (Å²) in [4.78, 5) is 35.2. The normalized spacial score (nSPS) is 10.1. The molecule has 2 aromatic rings. The second-order valence-corrected chi connectivity index (χ2v) is 5.12. The molecule has 0 saturated heterocycles. The third-order valence-electron chi connectivity index (χ3n) is 3.21. The van der Waals surface area contributed by atoms with Gasteiger partial charge in [0.05, 0.1) is 5.56 Å². The molecule has 0 aliphatic carbocycles. The first-order chi connectivity index (χ1) is 11.5. The molecule has 24 heavy (non-hydrogen) atoms. The molecule has 0 aromatic heterocycles. The summed E-state index contributed by atoms with van der Waals surface area (Å²) in [6, 6.07) is 12.3. The zero-order valence-corrected chi connectivity index (χ0v) is 13.0. The summed E-state index contributed by atoms with van der Waals surface area (Å²) in [6.45, 7) is 0.886. The molecule has 6 heteroatoms. The molecule has 5 nitrogen and oxygen atoms in total. The molecule has 2 aromatic carbocycles. The summed E-state index contributed by atoms with van der Waals surface area (Å²) in [5.41, 5.74) is 1.19. The third-order valence-corrected chi connectivity index (χ3v) is 3.21. The van der Waals surface area contributed by atoms with Crippen molar-refractivity contribution in [1.29, 1.82) is 0 Å². The maximum absolute atomic E-state index is 13.4. The van der Waals surface area contributed by atoms with Gasteiger partial charge in [-0.15, -0.1) is 0 Å². The molecule has 0 spiro atoms. The Morgan fingerprint density at radius 1 is 1.08 bits per heavy atom. The fourth-order valence-corrected chi connectivity index (χ4v) is 2.00. The first kappa shape index (κ1) is 17.3. The number of hydrogen-bond acceptors (Lipinski definition) is 4. The van der Waals surface area contributed by atoms with Crippen LogP contribution >= 0.6 is 0 Å². The van der Waals surface area contributed by atoms with Crippen molar-refractivity contribution in [3.8, 4) is 0 Å². The van der Waals surface area contributed by atoms with Gasteiger partial charge in [-0.25, -0.2) is 4.39 Å². The molecule has 1 amide bonds. The van der Waals surface area contributed by atoms with Gasteiger partial charge in [-0.1, -0.05) is 29.8 Å². The van der Waals surface area contributed by atoms with E-state index in [1.165, 1.54) is 18.2 Å². The predicted molar refractivity (Wildman–Crippen MR) is 85.2 cm³/mol. The van der Waals surface area contributed by atoms with Crippen LogP contribution in [0.1, 0.15) is 26.3 Å². The van der Waals surface area contributed by atoms with Crippen LogP contribution in [-0.2, 0) is 9.53 Å². The molecule has 124 valence electrons. The van der Waals surface area contributed by atoms with Crippen LogP contribution in [0.2, 0.25) is 0 Å². The summed E-state index contributed by atoms with van der Waals surface area (Å²) in [5.74, 6) is -2.52. The van der Waals surface area contributed by atoms with Crippen molar-refractivity contribution in [3.63, 3.8) is 0 Å². The van der Waals surface area contributed by atoms with Crippen LogP contribution in [0, 0.1) is 12.7 Å². The lowest BCUT2D eigenvalue weighted by molar-refractivity contribution is -0.141. The highest BCUT2D eigenvalue weighted by molar-refractivity contribution is 5.99. The average Bonchev–Trinajstić information content (AvgIpc) is 2.58. The zero-order valence-electron chi connectivity index (χ0n) is 13.0. The zero-order chi connectivity index (χ0) is 17.5. The van der Waals surface area contributed by atoms with Gasteiger partial charge in [-0.05, 0) is 31.2 Å². The molecule has 0 aliphatic rings. The van der Waals surface area contributed by atoms with Crippen molar-refractivity contribution in [3.05, 3.63) is 71.0 Å². The quantitative estimate of drug-likeness (QED) is 0.652. The van der Waals surface area contributed by atoms with Crippen LogP contribution in [0.5, 0.6) is 0 Å². The van der Waals surface area contributed by atoms with Gasteiger partial charge in [0.1, 0.15) is 12.4 Å². The van der Waals surface area contributed by atoms with E-state index < -0.39 is 30.1 Å². The Hall–Kier alpha value is -3.02. The minimum Gasteiger partial charge on any atom is -0.456 e. The minimum absolute atomic E-state index is 0.144. The SMILES string of the molecule is Cc1cccc(C(=O)NCC(=O)OCC(=O)c2ccccc2F)c1. The van der Waals surface area contributed by atoms with E-state index in [1.807, 2.05) is 13.0 Å². The standard InChI is InChI=1S/C18H16FNO4/c1-12-5-4-6-13(9-12)18(23)20-10-17(22)24-11-16(21)14-7-2-3-8-15(14)19/h2-9H,10-11H2,1H3,(H,20,23). The van der Waals surface area contributed by atoms with Crippen LogP contribution in [0.3, 0.4) is 0 Å². The molecule has 2 rings (SSSR count). The number of benzene rings is 2. The van der Waals surface area contributed by atoms with E-state index in [0.717, 1.165) is 11.6 Å². The van der Waals surface area contributed by atoms with Crippen LogP contribution in [0.4, 0.5) is 4.39 Å². The molecule has 0 bridgehead atoms. The van der Waals surface area contributed by atoms with E-state index in [1.54, 1.807) is 18.2 Å². The first-order valence-corrected chi connectivity index (χ1v) is 7.25. The Morgan fingerprint density at radius 3 is 2.54 bits per heavy atom. The largest absolute Gasteiger partial charge is 0.456 e. The van der Waals surface area contributed by atoms with Crippen molar-refractivity contribution in [2.24, 2.45) is 0 Å². The summed E-state index contributed by atoms with van der Waals surface area (Å²) in [7, 11) is 0. The number of nitrogens with one attached hydrogen (secondary N) is 1. The second-order valence-electron chi connectivity index (χ2n) is 5.12. The number of aryl methyl sites for hydroxylation is 1. The van der Waals surface area contributed by atoms with Gasteiger partial charge in [0.25, 0.3) is 5.91 Å². The lowest BCUT2D eigenvalue weighted by atomic mass is 10.1. The molecule has 0 aliphatic heterocycles. The van der Waals surface area contributed by atoms with Crippen LogP contribution in [0.25, 0.3) is 0 Å². The topological polar surface area (TPSA) is 72.5 Å². The van der Waals surface area contributed by atoms with E-state index in [-0.39, 0.29) is 12.1 Å². The van der Waals surface area contributed by atoms with Gasteiger partial charge < -0.3 is 10.1 Å². The Morgan fingerprint density at radius 2 is 1.83 bits per heavy atom. The molecule has 0 saturated carbocycles. The molecule has 0 fully saturated rings. The molecule has 1 N–H and O–H groups in total. The lowest BCUT2D eigenvalue weighted by Gasteiger charge is -2.07. The number of hydrogen-bond donors (Lipinski definition) is 1. The maximum Gasteiger partial charge on any atom is 0.325 e. The number of ketones is 1. The molecular formula is C18H16FNO4. The molecule has 0 radical (unpaired) electrons. The van der Waals surface area contributed by atoms with Gasteiger partial charge >= 0.3 is 5.97 Å². The average molecular weight is 329 g/mol. The number of carbonyl (C=O) groups excluding carboxylic acids is 3. The van der Waals surface area contributed by atoms with Crippen LogP contribution in [-0.4, -0.2) is 30.8 Å². The predicted octanol–water partition coefficient (Wildman–Crippen LogP) is 2.29. The number of rotatable bonds is 6. The Balaban J connectivity index is 1.80. The van der Waals surface area contributed by atoms with Crippen molar-refractivity contribution in [2.45, 2.75) is 6.92 Å². The van der Waals surface area contributed by atoms with Crippen molar-refractivity contribution in [1.82, 2.24) is 5.32 Å². The summed E-state index contributed by atoms with van der Waals surface area (Å²) in [6.07, 6.45) is 0. The second kappa shape index (κ2) is 8.01. The minimum atomic E-state index is -0.777. The number of amides is 1. The van der Waals surface area contributed by atoms with E-state index in [9.17, 15) is 18.8 Å². The van der Waals surface area contributed by atoms with Crippen molar-refractivity contribution in [2.75, 3.05) is 13.2 Å². The Labute approximate surface area is 138 Å². The van der Waals surface area contributed by atoms with Gasteiger partial charge in [-0.3, -0.25) is 14.4 Å². The fourth-order valence-electron chi connectivity index (χ4n) is 2.00. The van der Waals surface area contributed by atoms with Gasteiger partial charge in [0, 0.05) is 5.56 Å². The van der Waals surface area contributed by atoms with Gasteiger partial charge in [0.15, 0.2) is 6.61 Å². The summed E-state index contributed by atoms with van der Waals surface area (Å²) < 4.78 is 18.2. The maximum atomic E-state index is 13.4. The number of Topliss-reactive ketones (excluding diaryl/α,β-unsaturated/α-hetero) is 1. The van der Waals surface area contributed by atoms with Crippen molar-refractivity contribution >= 4 is 17.7 Å². The Kier molecular flexibility index (Phi) is 5.78. The number of carbonyl (C=O) groups is 3. The van der Waals surface area contributed by atoms with Crippen molar-refractivity contribution < 1.29 is 23.5 Å². The van der Waals surface area contributed by atoms with Crippen LogP contribution in [0.15, 0.2) is 48.5 Å². The Bertz CT molecular complexity index is 773. The highest BCUT2D eigenvalue weighted by atomic mass is 19.1.